The minimum absolute atomic E-state index is 0.179. The topological polar surface area (TPSA) is 29.5 Å². The van der Waals surface area contributed by atoms with Crippen LogP contribution in [0.25, 0.3) is 0 Å². The maximum absolute atomic E-state index is 10.6. The summed E-state index contributed by atoms with van der Waals surface area (Å²) in [6.45, 7) is 6.25. The number of aliphatic hydroxyl groups is 1. The van der Waals surface area contributed by atoms with Crippen LogP contribution in [0.2, 0.25) is 0 Å². The fraction of sp³-hybridized carbons (Fsp3) is 0.368. The molecular formula is C19H22O2. The number of benzene rings is 2. The molecule has 1 unspecified atom stereocenters. The molecule has 1 atom stereocenters. The summed E-state index contributed by atoms with van der Waals surface area (Å²) >= 11 is 0. The predicted molar refractivity (Wildman–Crippen MR) is 84.7 cm³/mol. The van der Waals surface area contributed by atoms with Gasteiger partial charge in [-0.3, -0.25) is 0 Å². The summed E-state index contributed by atoms with van der Waals surface area (Å²) in [5.41, 5.74) is 4.29. The lowest BCUT2D eigenvalue weighted by Gasteiger charge is -2.20. The second-order valence-corrected chi connectivity index (χ2v) is 6.58. The summed E-state index contributed by atoms with van der Waals surface area (Å²) in [5.74, 6) is 0.877. The smallest absolute Gasteiger partial charge is 0.129 e. The summed E-state index contributed by atoms with van der Waals surface area (Å²) in [6, 6.07) is 14.4. The standard InChI is InChI=1S/C19H22O2/c1-13-6-4-7-14(10-13)11-17(20)16-9-5-8-15-12-19(2,3)21-18(15)16/h4-10,17,20H,11-12H2,1-3H3. The van der Waals surface area contributed by atoms with Crippen LogP contribution in [0.5, 0.6) is 5.75 Å². The molecule has 2 heteroatoms. The van der Waals surface area contributed by atoms with Gasteiger partial charge in [0.05, 0.1) is 6.10 Å². The third-order valence-electron chi connectivity index (χ3n) is 3.99. The molecule has 0 fully saturated rings. The monoisotopic (exact) mass is 282 g/mol. The van der Waals surface area contributed by atoms with Crippen molar-refractivity contribution in [2.75, 3.05) is 0 Å². The number of aryl methyl sites for hydroxylation is 1. The molecule has 2 aromatic carbocycles. The molecule has 21 heavy (non-hydrogen) atoms. The largest absolute Gasteiger partial charge is 0.487 e. The van der Waals surface area contributed by atoms with Crippen molar-refractivity contribution >= 4 is 0 Å². The molecule has 0 bridgehead atoms. The van der Waals surface area contributed by atoms with Crippen molar-refractivity contribution in [2.45, 2.75) is 45.3 Å². The summed E-state index contributed by atoms with van der Waals surface area (Å²) in [6.07, 6.45) is 0.977. The fourth-order valence-corrected chi connectivity index (χ4v) is 3.07. The van der Waals surface area contributed by atoms with Crippen LogP contribution in [0.3, 0.4) is 0 Å². The molecule has 0 amide bonds. The molecule has 0 aromatic heterocycles. The Bertz CT molecular complexity index is 658. The molecule has 0 saturated carbocycles. The number of hydrogen-bond acceptors (Lipinski definition) is 2. The molecule has 3 rings (SSSR count). The number of ether oxygens (including phenoxy) is 1. The van der Waals surface area contributed by atoms with E-state index in [0.717, 1.165) is 23.3 Å². The Hall–Kier alpha value is -1.80. The van der Waals surface area contributed by atoms with E-state index in [1.165, 1.54) is 11.1 Å². The lowest BCUT2D eigenvalue weighted by Crippen LogP contribution is -2.25. The van der Waals surface area contributed by atoms with Gasteiger partial charge in [0.1, 0.15) is 11.4 Å². The van der Waals surface area contributed by atoms with Crippen molar-refractivity contribution in [2.24, 2.45) is 0 Å². The van der Waals surface area contributed by atoms with Crippen molar-refractivity contribution in [1.29, 1.82) is 0 Å². The van der Waals surface area contributed by atoms with Crippen LogP contribution in [-0.4, -0.2) is 10.7 Å². The Balaban J connectivity index is 1.87. The van der Waals surface area contributed by atoms with Gasteiger partial charge in [-0.2, -0.15) is 0 Å². The third-order valence-corrected chi connectivity index (χ3v) is 3.99. The maximum Gasteiger partial charge on any atom is 0.129 e. The Kier molecular flexibility index (Phi) is 3.50. The van der Waals surface area contributed by atoms with Crippen molar-refractivity contribution in [3.8, 4) is 5.75 Å². The highest BCUT2D eigenvalue weighted by atomic mass is 16.5. The SMILES string of the molecule is Cc1cccc(CC(O)c2cccc3c2OC(C)(C)C3)c1. The molecule has 0 saturated heterocycles. The molecule has 2 nitrogen and oxygen atoms in total. The predicted octanol–water partition coefficient (Wildman–Crippen LogP) is 3.98. The highest BCUT2D eigenvalue weighted by Crippen LogP contribution is 2.40. The van der Waals surface area contributed by atoms with Crippen LogP contribution in [0.4, 0.5) is 0 Å². The quantitative estimate of drug-likeness (QED) is 0.922. The first-order valence-electron chi connectivity index (χ1n) is 7.49. The van der Waals surface area contributed by atoms with Crippen LogP contribution in [0.15, 0.2) is 42.5 Å². The first-order chi connectivity index (χ1) is 9.94. The molecular weight excluding hydrogens is 260 g/mol. The average molecular weight is 282 g/mol. The van der Waals surface area contributed by atoms with Gasteiger partial charge in [-0.1, -0.05) is 48.0 Å². The normalized spacial score (nSPS) is 17.1. The number of aliphatic hydroxyl groups excluding tert-OH is 1. The van der Waals surface area contributed by atoms with Crippen LogP contribution in [0.1, 0.15) is 42.2 Å². The van der Waals surface area contributed by atoms with E-state index in [1.807, 2.05) is 18.2 Å². The first kappa shape index (κ1) is 14.2. The summed E-state index contributed by atoms with van der Waals surface area (Å²) in [4.78, 5) is 0. The molecule has 1 N–H and O–H groups in total. The molecule has 1 aliphatic rings. The molecule has 110 valence electrons. The minimum atomic E-state index is -0.532. The van der Waals surface area contributed by atoms with Crippen molar-refractivity contribution in [3.05, 3.63) is 64.7 Å². The van der Waals surface area contributed by atoms with Gasteiger partial charge < -0.3 is 9.84 Å². The van der Waals surface area contributed by atoms with Gasteiger partial charge in [0.15, 0.2) is 0 Å². The molecule has 2 aromatic rings. The Morgan fingerprint density at radius 3 is 2.71 bits per heavy atom. The minimum Gasteiger partial charge on any atom is -0.487 e. The lowest BCUT2D eigenvalue weighted by molar-refractivity contribution is 0.126. The van der Waals surface area contributed by atoms with Crippen molar-refractivity contribution in [3.63, 3.8) is 0 Å². The number of fused-ring (bicyclic) bond motifs is 1. The third kappa shape index (κ3) is 2.96. The van der Waals surface area contributed by atoms with E-state index >= 15 is 0 Å². The molecule has 0 spiro atoms. The lowest BCUT2D eigenvalue weighted by atomic mass is 9.96. The highest BCUT2D eigenvalue weighted by Gasteiger charge is 2.32. The number of rotatable bonds is 3. The van der Waals surface area contributed by atoms with Gasteiger partial charge in [0, 0.05) is 18.4 Å². The van der Waals surface area contributed by atoms with E-state index in [4.69, 9.17) is 4.74 Å². The second-order valence-electron chi connectivity index (χ2n) is 6.58. The zero-order valence-electron chi connectivity index (χ0n) is 12.9. The van der Waals surface area contributed by atoms with Gasteiger partial charge >= 0.3 is 0 Å². The summed E-state index contributed by atoms with van der Waals surface area (Å²) < 4.78 is 6.05. The van der Waals surface area contributed by atoms with Crippen LogP contribution in [-0.2, 0) is 12.8 Å². The van der Waals surface area contributed by atoms with E-state index in [2.05, 4.69) is 45.0 Å². The molecule has 1 aliphatic heterocycles. The van der Waals surface area contributed by atoms with Gasteiger partial charge in [-0.25, -0.2) is 0 Å². The highest BCUT2D eigenvalue weighted by molar-refractivity contribution is 5.47. The number of para-hydroxylation sites is 1. The van der Waals surface area contributed by atoms with Gasteiger partial charge in [-0.15, -0.1) is 0 Å². The zero-order valence-corrected chi connectivity index (χ0v) is 12.9. The van der Waals surface area contributed by atoms with E-state index in [9.17, 15) is 5.11 Å². The van der Waals surface area contributed by atoms with Crippen molar-refractivity contribution in [1.82, 2.24) is 0 Å². The molecule has 1 heterocycles. The van der Waals surface area contributed by atoms with Crippen LogP contribution in [0, 0.1) is 6.92 Å². The second kappa shape index (κ2) is 5.19. The molecule has 0 radical (unpaired) electrons. The summed E-state index contributed by atoms with van der Waals surface area (Å²) in [5, 5.41) is 10.6. The van der Waals surface area contributed by atoms with E-state index in [0.29, 0.717) is 6.42 Å². The van der Waals surface area contributed by atoms with Crippen molar-refractivity contribution < 1.29 is 9.84 Å². The van der Waals surface area contributed by atoms with Crippen LogP contribution >= 0.6 is 0 Å². The Morgan fingerprint density at radius 2 is 1.95 bits per heavy atom. The maximum atomic E-state index is 10.6. The van der Waals surface area contributed by atoms with Gasteiger partial charge in [-0.05, 0) is 31.9 Å². The Morgan fingerprint density at radius 1 is 1.19 bits per heavy atom. The number of hydrogen-bond donors (Lipinski definition) is 1. The Labute approximate surface area is 126 Å². The molecule has 0 aliphatic carbocycles. The fourth-order valence-electron chi connectivity index (χ4n) is 3.07. The van der Waals surface area contributed by atoms with Crippen LogP contribution < -0.4 is 4.74 Å². The van der Waals surface area contributed by atoms with E-state index < -0.39 is 6.10 Å². The first-order valence-corrected chi connectivity index (χ1v) is 7.49. The average Bonchev–Trinajstić information content (AvgIpc) is 2.72. The van der Waals surface area contributed by atoms with E-state index in [1.54, 1.807) is 0 Å². The van der Waals surface area contributed by atoms with Gasteiger partial charge in [0.25, 0.3) is 0 Å². The summed E-state index contributed by atoms with van der Waals surface area (Å²) in [7, 11) is 0. The van der Waals surface area contributed by atoms with Gasteiger partial charge in [0.2, 0.25) is 0 Å². The zero-order chi connectivity index (χ0) is 15.0. The van der Waals surface area contributed by atoms with E-state index in [-0.39, 0.29) is 5.60 Å².